The number of ether oxygens (including phenoxy) is 2. The normalized spacial score (nSPS) is 15.3. The molecule has 1 aromatic heterocycles. The first kappa shape index (κ1) is 13.8. The van der Waals surface area contributed by atoms with E-state index >= 15 is 0 Å². The molecule has 6 nitrogen and oxygen atoms in total. The minimum Gasteiger partial charge on any atom is -0.383 e. The number of nitrogens with one attached hydrogen (secondary N) is 1. The average Bonchev–Trinajstić information content (AvgIpc) is 2.48. The predicted molar refractivity (Wildman–Crippen MR) is 71.3 cm³/mol. The quantitative estimate of drug-likeness (QED) is 0.790. The van der Waals surface area contributed by atoms with E-state index in [9.17, 15) is 4.79 Å². The standard InChI is InChI=1S/C13H19N3O3/c1-18-7-4-14-11-2-3-15-12(10-11)13(17)16-5-8-19-9-6-16/h2-3,10H,4-9H2,1H3,(H,14,15). The van der Waals surface area contributed by atoms with E-state index in [1.54, 1.807) is 24.3 Å². The molecule has 0 saturated carbocycles. The second kappa shape index (κ2) is 7.06. The molecule has 0 bridgehead atoms. The summed E-state index contributed by atoms with van der Waals surface area (Å²) in [4.78, 5) is 18.1. The Morgan fingerprint density at radius 1 is 1.53 bits per heavy atom. The summed E-state index contributed by atoms with van der Waals surface area (Å²) in [6, 6.07) is 3.61. The topological polar surface area (TPSA) is 63.7 Å². The SMILES string of the molecule is COCCNc1ccnc(C(=O)N2CCOCC2)c1. The molecule has 104 valence electrons. The molecule has 1 amide bonds. The van der Waals surface area contributed by atoms with Crippen molar-refractivity contribution < 1.29 is 14.3 Å². The van der Waals surface area contributed by atoms with Gasteiger partial charge in [-0.25, -0.2) is 0 Å². The Labute approximate surface area is 112 Å². The van der Waals surface area contributed by atoms with Crippen LogP contribution in [0.15, 0.2) is 18.3 Å². The first-order valence-corrected chi connectivity index (χ1v) is 6.37. The van der Waals surface area contributed by atoms with Gasteiger partial charge in [0.1, 0.15) is 5.69 Å². The summed E-state index contributed by atoms with van der Waals surface area (Å²) in [5.74, 6) is -0.0429. The van der Waals surface area contributed by atoms with Crippen molar-refractivity contribution >= 4 is 11.6 Å². The number of carbonyl (C=O) groups excluding carboxylic acids is 1. The third-order valence-corrected chi connectivity index (χ3v) is 2.91. The lowest BCUT2D eigenvalue weighted by Gasteiger charge is -2.26. The highest BCUT2D eigenvalue weighted by molar-refractivity contribution is 5.93. The van der Waals surface area contributed by atoms with Crippen LogP contribution >= 0.6 is 0 Å². The summed E-state index contributed by atoms with van der Waals surface area (Å²) in [5, 5.41) is 3.18. The molecule has 1 aromatic rings. The molecule has 1 saturated heterocycles. The third-order valence-electron chi connectivity index (χ3n) is 2.91. The Hall–Kier alpha value is -1.66. The van der Waals surface area contributed by atoms with E-state index in [0.717, 1.165) is 5.69 Å². The molecule has 0 aliphatic carbocycles. The fourth-order valence-electron chi connectivity index (χ4n) is 1.88. The summed E-state index contributed by atoms with van der Waals surface area (Å²) < 4.78 is 10.2. The fourth-order valence-corrected chi connectivity index (χ4v) is 1.88. The van der Waals surface area contributed by atoms with Crippen molar-refractivity contribution in [2.45, 2.75) is 0 Å². The summed E-state index contributed by atoms with van der Waals surface area (Å²) in [6.07, 6.45) is 1.64. The smallest absolute Gasteiger partial charge is 0.272 e. The van der Waals surface area contributed by atoms with E-state index in [2.05, 4.69) is 10.3 Å². The molecule has 0 radical (unpaired) electrons. The molecule has 0 aromatic carbocycles. The molecular formula is C13H19N3O3. The maximum atomic E-state index is 12.2. The number of hydrogen-bond acceptors (Lipinski definition) is 5. The van der Waals surface area contributed by atoms with Crippen LogP contribution in [0.5, 0.6) is 0 Å². The molecule has 1 fully saturated rings. The van der Waals surface area contributed by atoms with Gasteiger partial charge in [0.2, 0.25) is 0 Å². The van der Waals surface area contributed by atoms with E-state index in [0.29, 0.717) is 45.1 Å². The van der Waals surface area contributed by atoms with E-state index in [-0.39, 0.29) is 5.91 Å². The van der Waals surface area contributed by atoms with Crippen LogP contribution in [-0.2, 0) is 9.47 Å². The first-order valence-electron chi connectivity index (χ1n) is 6.37. The number of hydrogen-bond donors (Lipinski definition) is 1. The van der Waals surface area contributed by atoms with E-state index in [1.165, 1.54) is 0 Å². The number of methoxy groups -OCH3 is 1. The molecule has 1 N–H and O–H groups in total. The van der Waals surface area contributed by atoms with Crippen molar-refractivity contribution in [2.24, 2.45) is 0 Å². The predicted octanol–water partition coefficient (Wildman–Crippen LogP) is 0.612. The highest BCUT2D eigenvalue weighted by Crippen LogP contribution is 2.11. The van der Waals surface area contributed by atoms with Gasteiger partial charge in [-0.3, -0.25) is 9.78 Å². The van der Waals surface area contributed by atoms with Gasteiger partial charge in [-0.2, -0.15) is 0 Å². The number of aromatic nitrogens is 1. The van der Waals surface area contributed by atoms with Crippen LogP contribution in [0, 0.1) is 0 Å². The molecule has 0 unspecified atom stereocenters. The number of carbonyl (C=O) groups is 1. The Kier molecular flexibility index (Phi) is 5.11. The number of anilines is 1. The van der Waals surface area contributed by atoms with Gasteiger partial charge < -0.3 is 19.7 Å². The number of pyridine rings is 1. The molecule has 0 spiro atoms. The van der Waals surface area contributed by atoms with Gasteiger partial charge in [0.15, 0.2) is 0 Å². The molecule has 1 aliphatic rings. The third kappa shape index (κ3) is 3.90. The maximum absolute atomic E-state index is 12.2. The molecule has 6 heteroatoms. The molecule has 2 heterocycles. The highest BCUT2D eigenvalue weighted by atomic mass is 16.5. The van der Waals surface area contributed by atoms with Gasteiger partial charge >= 0.3 is 0 Å². The zero-order chi connectivity index (χ0) is 13.5. The van der Waals surface area contributed by atoms with Crippen LogP contribution in [0.25, 0.3) is 0 Å². The maximum Gasteiger partial charge on any atom is 0.272 e. The Morgan fingerprint density at radius 3 is 3.05 bits per heavy atom. The van der Waals surface area contributed by atoms with Crippen LogP contribution in [0.3, 0.4) is 0 Å². The molecular weight excluding hydrogens is 246 g/mol. The van der Waals surface area contributed by atoms with Crippen molar-refractivity contribution in [1.29, 1.82) is 0 Å². The average molecular weight is 265 g/mol. The Balaban J connectivity index is 1.98. The lowest BCUT2D eigenvalue weighted by molar-refractivity contribution is 0.0299. The van der Waals surface area contributed by atoms with Crippen LogP contribution < -0.4 is 5.32 Å². The van der Waals surface area contributed by atoms with E-state index in [4.69, 9.17) is 9.47 Å². The minimum atomic E-state index is -0.0429. The second-order valence-electron chi connectivity index (χ2n) is 4.25. The first-order chi connectivity index (χ1) is 9.31. The zero-order valence-corrected chi connectivity index (χ0v) is 11.1. The van der Waals surface area contributed by atoms with E-state index in [1.807, 2.05) is 6.07 Å². The van der Waals surface area contributed by atoms with Crippen LogP contribution in [-0.4, -0.2) is 62.4 Å². The molecule has 19 heavy (non-hydrogen) atoms. The van der Waals surface area contributed by atoms with Gasteiger partial charge in [0.25, 0.3) is 5.91 Å². The summed E-state index contributed by atoms with van der Waals surface area (Å²) in [7, 11) is 1.65. The number of amides is 1. The van der Waals surface area contributed by atoms with Crippen molar-refractivity contribution in [3.05, 3.63) is 24.0 Å². The number of morpholine rings is 1. The second-order valence-corrected chi connectivity index (χ2v) is 4.25. The Morgan fingerprint density at radius 2 is 2.32 bits per heavy atom. The van der Waals surface area contributed by atoms with Gasteiger partial charge in [0, 0.05) is 38.6 Å². The zero-order valence-electron chi connectivity index (χ0n) is 11.1. The summed E-state index contributed by atoms with van der Waals surface area (Å²) >= 11 is 0. The fraction of sp³-hybridized carbons (Fsp3) is 0.538. The Bertz CT molecular complexity index is 419. The van der Waals surface area contributed by atoms with Crippen molar-refractivity contribution in [1.82, 2.24) is 9.88 Å². The lowest BCUT2D eigenvalue weighted by atomic mass is 10.2. The number of rotatable bonds is 5. The lowest BCUT2D eigenvalue weighted by Crippen LogP contribution is -2.41. The summed E-state index contributed by atoms with van der Waals surface area (Å²) in [5.41, 5.74) is 1.34. The van der Waals surface area contributed by atoms with Crippen molar-refractivity contribution in [2.75, 3.05) is 51.9 Å². The van der Waals surface area contributed by atoms with Crippen molar-refractivity contribution in [3.8, 4) is 0 Å². The van der Waals surface area contributed by atoms with Gasteiger partial charge in [-0.15, -0.1) is 0 Å². The van der Waals surface area contributed by atoms with E-state index < -0.39 is 0 Å². The largest absolute Gasteiger partial charge is 0.383 e. The number of nitrogens with zero attached hydrogens (tertiary/aromatic N) is 2. The molecule has 1 aliphatic heterocycles. The van der Waals surface area contributed by atoms with Crippen LogP contribution in [0.1, 0.15) is 10.5 Å². The van der Waals surface area contributed by atoms with Crippen LogP contribution in [0.2, 0.25) is 0 Å². The van der Waals surface area contributed by atoms with Gasteiger partial charge in [0.05, 0.1) is 19.8 Å². The minimum absolute atomic E-state index is 0.0429. The van der Waals surface area contributed by atoms with Gasteiger partial charge in [-0.1, -0.05) is 0 Å². The highest BCUT2D eigenvalue weighted by Gasteiger charge is 2.19. The van der Waals surface area contributed by atoms with Crippen LogP contribution in [0.4, 0.5) is 5.69 Å². The molecule has 0 atom stereocenters. The molecule has 2 rings (SSSR count). The summed E-state index contributed by atoms with van der Waals surface area (Å²) in [6.45, 7) is 3.76. The van der Waals surface area contributed by atoms with Crippen molar-refractivity contribution in [3.63, 3.8) is 0 Å². The van der Waals surface area contributed by atoms with Gasteiger partial charge in [-0.05, 0) is 12.1 Å². The monoisotopic (exact) mass is 265 g/mol.